The highest BCUT2D eigenvalue weighted by Crippen LogP contribution is 2.21. The van der Waals surface area contributed by atoms with E-state index < -0.39 is 5.91 Å². The molecule has 0 saturated heterocycles. The highest BCUT2D eigenvalue weighted by molar-refractivity contribution is 6.31. The monoisotopic (exact) mass is 422 g/mol. The van der Waals surface area contributed by atoms with Gasteiger partial charge in [0, 0.05) is 28.0 Å². The molecule has 0 unspecified atom stereocenters. The number of aromatic nitrogens is 2. The summed E-state index contributed by atoms with van der Waals surface area (Å²) in [5.41, 5.74) is 10.1. The zero-order chi connectivity index (χ0) is 21.7. The first-order valence-electron chi connectivity index (χ1n) is 9.48. The Labute approximate surface area is 180 Å². The van der Waals surface area contributed by atoms with Crippen molar-refractivity contribution in [2.45, 2.75) is 26.8 Å². The zero-order valence-corrected chi connectivity index (χ0v) is 17.6. The Morgan fingerprint density at radius 3 is 2.47 bits per heavy atom. The lowest BCUT2D eigenvalue weighted by Crippen LogP contribution is -2.16. The third-order valence-corrected chi connectivity index (χ3v) is 5.13. The van der Waals surface area contributed by atoms with Crippen LogP contribution in [0.25, 0.3) is 6.08 Å². The Kier molecular flexibility index (Phi) is 6.69. The van der Waals surface area contributed by atoms with E-state index in [1.54, 1.807) is 30.3 Å². The van der Waals surface area contributed by atoms with Crippen LogP contribution in [-0.4, -0.2) is 21.6 Å². The van der Waals surface area contributed by atoms with E-state index in [-0.39, 0.29) is 12.3 Å². The van der Waals surface area contributed by atoms with Crippen molar-refractivity contribution in [1.82, 2.24) is 9.78 Å². The van der Waals surface area contributed by atoms with E-state index in [1.165, 1.54) is 6.08 Å². The van der Waals surface area contributed by atoms with E-state index in [9.17, 15) is 9.59 Å². The Morgan fingerprint density at radius 2 is 1.77 bits per heavy atom. The first kappa shape index (κ1) is 21.3. The molecule has 0 bridgehead atoms. The van der Waals surface area contributed by atoms with Crippen LogP contribution >= 0.6 is 11.6 Å². The number of benzene rings is 2. The van der Waals surface area contributed by atoms with Crippen LogP contribution in [0.2, 0.25) is 5.02 Å². The number of halogens is 1. The molecule has 0 atom stereocenters. The maximum Gasteiger partial charge on any atom is 0.248 e. The summed E-state index contributed by atoms with van der Waals surface area (Å²) in [7, 11) is 0. The standard InChI is InChI=1S/C23H23ClN4O2/c1-15-19(16(2)28(27-15)14-18-8-3-5-9-20(18)24)11-12-23(30)26-21-10-6-4-7-17(21)13-22(25)29/h3-12H,13-14H2,1-2H3,(H2,25,29)(H,26,30)/b12-11+. The molecule has 0 spiro atoms. The highest BCUT2D eigenvalue weighted by Gasteiger charge is 2.12. The van der Waals surface area contributed by atoms with Crippen molar-refractivity contribution in [2.24, 2.45) is 5.73 Å². The normalized spacial score (nSPS) is 11.0. The highest BCUT2D eigenvalue weighted by atomic mass is 35.5. The minimum absolute atomic E-state index is 0.0627. The van der Waals surface area contributed by atoms with Crippen molar-refractivity contribution < 1.29 is 9.59 Å². The van der Waals surface area contributed by atoms with Gasteiger partial charge >= 0.3 is 0 Å². The molecule has 30 heavy (non-hydrogen) atoms. The number of para-hydroxylation sites is 1. The van der Waals surface area contributed by atoms with Crippen LogP contribution in [0.15, 0.2) is 54.6 Å². The van der Waals surface area contributed by atoms with Gasteiger partial charge in [0.05, 0.1) is 18.7 Å². The summed E-state index contributed by atoms with van der Waals surface area (Å²) in [5.74, 6) is -0.756. The van der Waals surface area contributed by atoms with E-state index in [1.807, 2.05) is 42.8 Å². The van der Waals surface area contributed by atoms with Gasteiger partial charge < -0.3 is 11.1 Å². The van der Waals surface area contributed by atoms with Gasteiger partial charge in [-0.15, -0.1) is 0 Å². The Morgan fingerprint density at radius 1 is 1.10 bits per heavy atom. The molecule has 1 heterocycles. The largest absolute Gasteiger partial charge is 0.369 e. The molecular formula is C23H23ClN4O2. The van der Waals surface area contributed by atoms with Crippen LogP contribution in [0, 0.1) is 13.8 Å². The van der Waals surface area contributed by atoms with Gasteiger partial charge in [-0.3, -0.25) is 14.3 Å². The molecule has 0 aliphatic heterocycles. The summed E-state index contributed by atoms with van der Waals surface area (Å²) in [6.45, 7) is 4.40. The lowest BCUT2D eigenvalue weighted by atomic mass is 10.1. The number of carbonyl (C=O) groups is 2. The van der Waals surface area contributed by atoms with Gasteiger partial charge in [0.2, 0.25) is 11.8 Å². The van der Waals surface area contributed by atoms with Crippen LogP contribution in [0.5, 0.6) is 0 Å². The van der Waals surface area contributed by atoms with Gasteiger partial charge in [-0.1, -0.05) is 48.0 Å². The van der Waals surface area contributed by atoms with Gasteiger partial charge in [0.1, 0.15) is 0 Å². The van der Waals surface area contributed by atoms with Crippen LogP contribution in [0.3, 0.4) is 0 Å². The number of nitrogens with two attached hydrogens (primary N) is 1. The number of anilines is 1. The van der Waals surface area contributed by atoms with E-state index in [0.29, 0.717) is 22.8 Å². The lowest BCUT2D eigenvalue weighted by molar-refractivity contribution is -0.117. The Hall–Kier alpha value is -3.38. The molecule has 3 rings (SSSR count). The van der Waals surface area contributed by atoms with Crippen molar-refractivity contribution in [3.8, 4) is 0 Å². The van der Waals surface area contributed by atoms with Gasteiger partial charge in [-0.25, -0.2) is 0 Å². The molecule has 0 radical (unpaired) electrons. The first-order chi connectivity index (χ1) is 14.3. The average Bonchev–Trinajstić information content (AvgIpc) is 2.96. The van der Waals surface area contributed by atoms with E-state index in [2.05, 4.69) is 10.4 Å². The van der Waals surface area contributed by atoms with Crippen molar-refractivity contribution in [1.29, 1.82) is 0 Å². The predicted octanol–water partition coefficient (Wildman–Crippen LogP) is 3.88. The molecule has 0 aliphatic carbocycles. The Bertz CT molecular complexity index is 1120. The average molecular weight is 423 g/mol. The molecule has 3 aromatic rings. The third-order valence-electron chi connectivity index (χ3n) is 4.76. The smallest absolute Gasteiger partial charge is 0.248 e. The second-order valence-corrected chi connectivity index (χ2v) is 7.36. The van der Waals surface area contributed by atoms with Gasteiger partial charge in [-0.05, 0) is 43.2 Å². The zero-order valence-electron chi connectivity index (χ0n) is 16.9. The van der Waals surface area contributed by atoms with Gasteiger partial charge in [0.25, 0.3) is 0 Å². The fraction of sp³-hybridized carbons (Fsp3) is 0.174. The number of primary amides is 1. The second-order valence-electron chi connectivity index (χ2n) is 6.96. The van der Waals surface area contributed by atoms with Crippen LogP contribution < -0.4 is 11.1 Å². The van der Waals surface area contributed by atoms with Crippen LogP contribution in [-0.2, 0) is 22.6 Å². The maximum absolute atomic E-state index is 12.4. The molecule has 7 heteroatoms. The van der Waals surface area contributed by atoms with E-state index >= 15 is 0 Å². The summed E-state index contributed by atoms with van der Waals surface area (Å²) in [5, 5.41) is 8.07. The van der Waals surface area contributed by atoms with E-state index in [0.717, 1.165) is 22.5 Å². The third kappa shape index (κ3) is 5.15. The van der Waals surface area contributed by atoms with Crippen molar-refractivity contribution >= 4 is 35.2 Å². The summed E-state index contributed by atoms with van der Waals surface area (Å²) in [4.78, 5) is 23.7. The predicted molar refractivity (Wildman–Crippen MR) is 119 cm³/mol. The number of nitrogens with one attached hydrogen (secondary N) is 1. The number of amides is 2. The quantitative estimate of drug-likeness (QED) is 0.566. The summed E-state index contributed by atoms with van der Waals surface area (Å²) in [6.07, 6.45) is 3.26. The number of hydrogen-bond donors (Lipinski definition) is 2. The fourth-order valence-corrected chi connectivity index (χ4v) is 3.41. The number of nitrogens with zero attached hydrogens (tertiary/aromatic N) is 2. The van der Waals surface area contributed by atoms with Crippen molar-refractivity contribution in [3.63, 3.8) is 0 Å². The number of carbonyl (C=O) groups excluding carboxylic acids is 2. The van der Waals surface area contributed by atoms with Crippen LogP contribution in [0.1, 0.15) is 28.1 Å². The van der Waals surface area contributed by atoms with Crippen molar-refractivity contribution in [2.75, 3.05) is 5.32 Å². The summed E-state index contributed by atoms with van der Waals surface area (Å²) >= 11 is 6.26. The molecular weight excluding hydrogens is 400 g/mol. The van der Waals surface area contributed by atoms with E-state index in [4.69, 9.17) is 17.3 Å². The SMILES string of the molecule is Cc1nn(Cc2ccccc2Cl)c(C)c1/C=C/C(=O)Nc1ccccc1CC(N)=O. The second kappa shape index (κ2) is 9.41. The molecule has 6 nitrogen and oxygen atoms in total. The fourth-order valence-electron chi connectivity index (χ4n) is 3.21. The van der Waals surface area contributed by atoms with Gasteiger partial charge in [0.15, 0.2) is 0 Å². The number of hydrogen-bond acceptors (Lipinski definition) is 3. The van der Waals surface area contributed by atoms with Crippen LogP contribution in [0.4, 0.5) is 5.69 Å². The molecule has 0 aliphatic rings. The first-order valence-corrected chi connectivity index (χ1v) is 9.85. The molecule has 2 amide bonds. The van der Waals surface area contributed by atoms with Gasteiger partial charge in [-0.2, -0.15) is 5.10 Å². The number of aryl methyl sites for hydroxylation is 1. The number of rotatable bonds is 7. The molecule has 0 fully saturated rings. The van der Waals surface area contributed by atoms with Crippen molar-refractivity contribution in [3.05, 3.63) is 87.7 Å². The maximum atomic E-state index is 12.4. The topological polar surface area (TPSA) is 90.0 Å². The molecule has 0 saturated carbocycles. The Balaban J connectivity index is 1.75. The minimum atomic E-state index is -0.454. The molecule has 2 aromatic carbocycles. The molecule has 154 valence electrons. The lowest BCUT2D eigenvalue weighted by Gasteiger charge is -2.08. The minimum Gasteiger partial charge on any atom is -0.369 e. The molecule has 1 aromatic heterocycles. The molecule has 3 N–H and O–H groups in total. The summed E-state index contributed by atoms with van der Waals surface area (Å²) < 4.78 is 1.87. The summed E-state index contributed by atoms with van der Waals surface area (Å²) in [6, 6.07) is 14.7.